The maximum Gasteiger partial charge on any atom is 0.122 e. The van der Waals surface area contributed by atoms with Gasteiger partial charge in [0.2, 0.25) is 0 Å². The van der Waals surface area contributed by atoms with Crippen molar-refractivity contribution in [2.75, 3.05) is 19.8 Å². The Kier molecular flexibility index (Phi) is 5.82. The fraction of sp³-hybridized carbons (Fsp3) is 0.257. The predicted molar refractivity (Wildman–Crippen MR) is 151 cm³/mol. The summed E-state index contributed by atoms with van der Waals surface area (Å²) in [5.41, 5.74) is 8.38. The van der Waals surface area contributed by atoms with Crippen molar-refractivity contribution < 1.29 is 14.2 Å². The van der Waals surface area contributed by atoms with Crippen molar-refractivity contribution in [1.82, 2.24) is 0 Å². The number of ether oxygens (including phenoxy) is 3. The number of hydrogen-bond acceptors (Lipinski definition) is 3. The molecular formula is C35H32O3. The van der Waals surface area contributed by atoms with E-state index in [1.54, 1.807) is 0 Å². The van der Waals surface area contributed by atoms with Gasteiger partial charge in [0.15, 0.2) is 0 Å². The highest BCUT2D eigenvalue weighted by Gasteiger charge is 2.46. The topological polar surface area (TPSA) is 31.0 Å². The summed E-state index contributed by atoms with van der Waals surface area (Å²) in [6, 6.07) is 33.1. The summed E-state index contributed by atoms with van der Waals surface area (Å²) < 4.78 is 17.6. The van der Waals surface area contributed by atoms with Crippen LogP contribution < -0.4 is 9.47 Å². The maximum atomic E-state index is 6.30. The Bertz CT molecular complexity index is 1430. The largest absolute Gasteiger partial charge is 0.493 e. The van der Waals surface area contributed by atoms with E-state index in [2.05, 4.69) is 97.6 Å². The van der Waals surface area contributed by atoms with Gasteiger partial charge in [-0.05, 0) is 82.3 Å². The first kappa shape index (κ1) is 23.3. The first-order chi connectivity index (χ1) is 18.8. The molecule has 3 nitrogen and oxygen atoms in total. The highest BCUT2D eigenvalue weighted by molar-refractivity contribution is 5.86. The molecule has 0 N–H and O–H groups in total. The minimum Gasteiger partial charge on any atom is -0.493 e. The van der Waals surface area contributed by atoms with Crippen LogP contribution in [0.5, 0.6) is 11.5 Å². The molecule has 0 bridgehead atoms. The zero-order valence-electron chi connectivity index (χ0n) is 21.6. The molecule has 1 atom stereocenters. The summed E-state index contributed by atoms with van der Waals surface area (Å²) in [5, 5.41) is 0. The third-order valence-electron chi connectivity index (χ3n) is 8.11. The molecular weight excluding hydrogens is 468 g/mol. The number of allylic oxidation sites excluding steroid dienone is 1. The lowest BCUT2D eigenvalue weighted by molar-refractivity contribution is 0.263. The molecule has 190 valence electrons. The average molecular weight is 501 g/mol. The van der Waals surface area contributed by atoms with Crippen LogP contribution in [0, 0.1) is 5.92 Å². The van der Waals surface area contributed by atoms with Crippen LogP contribution in [0.15, 0.2) is 104 Å². The van der Waals surface area contributed by atoms with Crippen LogP contribution in [0.2, 0.25) is 0 Å². The van der Waals surface area contributed by atoms with Crippen LogP contribution in [0.3, 0.4) is 0 Å². The highest BCUT2D eigenvalue weighted by Crippen LogP contribution is 2.56. The Hall–Kier alpha value is -3.82. The lowest BCUT2D eigenvalue weighted by Crippen LogP contribution is -2.28. The third kappa shape index (κ3) is 4.02. The Morgan fingerprint density at radius 3 is 2.08 bits per heavy atom. The molecule has 7 rings (SSSR count). The monoisotopic (exact) mass is 500 g/mol. The van der Waals surface area contributed by atoms with Crippen molar-refractivity contribution in [2.45, 2.75) is 30.8 Å². The van der Waals surface area contributed by atoms with E-state index in [0.717, 1.165) is 31.1 Å². The molecule has 38 heavy (non-hydrogen) atoms. The average Bonchev–Trinajstić information content (AvgIpc) is 3.90. The molecule has 0 amide bonds. The van der Waals surface area contributed by atoms with Crippen molar-refractivity contribution >= 4 is 0 Å². The van der Waals surface area contributed by atoms with Gasteiger partial charge >= 0.3 is 0 Å². The SMILES string of the molecule is C=CCc1cc(C2(c3ccc(OCC4CO4)cc3)c3ccccc3-c3ccccc32)ccc1OCC1CC1. The Labute approximate surface area is 224 Å². The zero-order valence-corrected chi connectivity index (χ0v) is 21.6. The van der Waals surface area contributed by atoms with Gasteiger partial charge in [0.05, 0.1) is 18.6 Å². The molecule has 1 saturated carbocycles. The molecule has 0 spiro atoms. The van der Waals surface area contributed by atoms with Crippen molar-refractivity contribution in [2.24, 2.45) is 5.92 Å². The second-order valence-electron chi connectivity index (χ2n) is 10.7. The van der Waals surface area contributed by atoms with Gasteiger partial charge in [-0.3, -0.25) is 0 Å². The van der Waals surface area contributed by atoms with Gasteiger partial charge in [0.1, 0.15) is 24.2 Å². The molecule has 3 heteroatoms. The van der Waals surface area contributed by atoms with Crippen molar-refractivity contribution in [1.29, 1.82) is 0 Å². The minimum absolute atomic E-state index is 0.235. The second kappa shape index (κ2) is 9.49. The smallest absolute Gasteiger partial charge is 0.122 e. The predicted octanol–water partition coefficient (Wildman–Crippen LogP) is 7.34. The summed E-state index contributed by atoms with van der Waals surface area (Å²) in [6.07, 6.45) is 5.53. The Morgan fingerprint density at radius 2 is 1.45 bits per heavy atom. The molecule has 1 aliphatic heterocycles. The van der Waals surface area contributed by atoms with E-state index in [1.165, 1.54) is 51.8 Å². The van der Waals surface area contributed by atoms with E-state index in [4.69, 9.17) is 14.2 Å². The molecule has 4 aromatic rings. The van der Waals surface area contributed by atoms with Gasteiger partial charge in [-0.2, -0.15) is 0 Å². The number of benzene rings is 4. The summed E-state index contributed by atoms with van der Waals surface area (Å²) in [5.74, 6) is 2.55. The fourth-order valence-electron chi connectivity index (χ4n) is 5.94. The van der Waals surface area contributed by atoms with Crippen LogP contribution >= 0.6 is 0 Å². The molecule has 1 saturated heterocycles. The van der Waals surface area contributed by atoms with Gasteiger partial charge < -0.3 is 14.2 Å². The molecule has 1 unspecified atom stereocenters. The maximum absolute atomic E-state index is 6.30. The fourth-order valence-corrected chi connectivity index (χ4v) is 5.94. The molecule has 1 heterocycles. The summed E-state index contributed by atoms with van der Waals surface area (Å²) >= 11 is 0. The van der Waals surface area contributed by atoms with Crippen molar-refractivity contribution in [3.8, 4) is 22.6 Å². The van der Waals surface area contributed by atoms with Crippen LogP contribution in [-0.4, -0.2) is 25.9 Å². The standard InChI is InChI=1S/C35H32O3/c1-2-7-25-20-27(16-19-34(25)38-21-24-12-13-24)35(26-14-17-28(18-15-26)36-22-29-23-37-29)32-10-5-3-8-30(32)31-9-4-6-11-33(31)35/h2-6,8-11,14-20,24,29H,1,7,12-13,21-23H2. The van der Waals surface area contributed by atoms with E-state index >= 15 is 0 Å². The van der Waals surface area contributed by atoms with E-state index in [-0.39, 0.29) is 6.10 Å². The van der Waals surface area contributed by atoms with Crippen LogP contribution in [0.1, 0.15) is 40.7 Å². The van der Waals surface area contributed by atoms with Crippen LogP contribution in [0.4, 0.5) is 0 Å². The minimum atomic E-state index is -0.448. The van der Waals surface area contributed by atoms with Crippen molar-refractivity contribution in [3.05, 3.63) is 131 Å². The Balaban J connectivity index is 1.40. The third-order valence-corrected chi connectivity index (χ3v) is 8.11. The van der Waals surface area contributed by atoms with Gasteiger partial charge in [-0.15, -0.1) is 6.58 Å². The van der Waals surface area contributed by atoms with Gasteiger partial charge in [0, 0.05) is 0 Å². The van der Waals surface area contributed by atoms with E-state index in [9.17, 15) is 0 Å². The number of fused-ring (bicyclic) bond motifs is 3. The van der Waals surface area contributed by atoms with Crippen molar-refractivity contribution in [3.63, 3.8) is 0 Å². The molecule has 3 aliphatic rings. The Morgan fingerprint density at radius 1 is 0.789 bits per heavy atom. The quantitative estimate of drug-likeness (QED) is 0.148. The lowest BCUT2D eigenvalue weighted by atomic mass is 9.67. The molecule has 4 aromatic carbocycles. The van der Waals surface area contributed by atoms with E-state index < -0.39 is 5.41 Å². The highest BCUT2D eigenvalue weighted by atomic mass is 16.6. The number of rotatable bonds is 10. The second-order valence-corrected chi connectivity index (χ2v) is 10.7. The van der Waals surface area contributed by atoms with Gasteiger partial charge in [-0.25, -0.2) is 0 Å². The molecule has 0 aromatic heterocycles. The first-order valence-corrected chi connectivity index (χ1v) is 13.7. The molecule has 2 aliphatic carbocycles. The first-order valence-electron chi connectivity index (χ1n) is 13.7. The molecule has 2 fully saturated rings. The summed E-state index contributed by atoms with van der Waals surface area (Å²) in [6.45, 7) is 6.24. The summed E-state index contributed by atoms with van der Waals surface area (Å²) in [4.78, 5) is 0. The normalized spacial score (nSPS) is 18.4. The van der Waals surface area contributed by atoms with Gasteiger partial charge in [0.25, 0.3) is 0 Å². The number of hydrogen-bond donors (Lipinski definition) is 0. The lowest BCUT2D eigenvalue weighted by Gasteiger charge is -2.34. The summed E-state index contributed by atoms with van der Waals surface area (Å²) in [7, 11) is 0. The van der Waals surface area contributed by atoms with E-state index in [1.807, 2.05) is 6.08 Å². The van der Waals surface area contributed by atoms with Crippen LogP contribution in [-0.2, 0) is 16.6 Å². The zero-order chi connectivity index (χ0) is 25.5. The number of epoxide rings is 1. The molecule has 0 radical (unpaired) electrons. The van der Waals surface area contributed by atoms with Gasteiger partial charge in [-0.1, -0.05) is 78.9 Å². The van der Waals surface area contributed by atoms with E-state index in [0.29, 0.717) is 12.5 Å². The van der Waals surface area contributed by atoms with Crippen LogP contribution in [0.25, 0.3) is 11.1 Å².